The van der Waals surface area contributed by atoms with Crippen LogP contribution in [0.3, 0.4) is 0 Å². The van der Waals surface area contributed by atoms with Crippen LogP contribution in [0.2, 0.25) is 0 Å². The summed E-state index contributed by atoms with van der Waals surface area (Å²) in [7, 11) is -1.67. The Balaban J connectivity index is 1.45. The number of benzene rings is 2. The molecule has 1 amide bonds. The van der Waals surface area contributed by atoms with Gasteiger partial charge in [0.1, 0.15) is 5.69 Å². The zero-order chi connectivity index (χ0) is 23.7. The van der Waals surface area contributed by atoms with Crippen LogP contribution in [0.4, 0.5) is 5.69 Å². The fraction of sp³-hybridized carbons (Fsp3) is 0.200. The number of nitrogens with one attached hydrogen (secondary N) is 1. The lowest BCUT2D eigenvalue weighted by Crippen LogP contribution is -2.47. The Morgan fingerprint density at radius 3 is 2.53 bits per heavy atom. The molecule has 1 N–H and O–H groups in total. The summed E-state index contributed by atoms with van der Waals surface area (Å²) in [6.07, 6.45) is 1.55. The van der Waals surface area contributed by atoms with E-state index in [4.69, 9.17) is 4.42 Å². The van der Waals surface area contributed by atoms with Gasteiger partial charge in [-0.15, -0.1) is 0 Å². The van der Waals surface area contributed by atoms with Crippen LogP contribution in [0.1, 0.15) is 10.4 Å². The Bertz CT molecular complexity index is 1440. The van der Waals surface area contributed by atoms with Crippen molar-refractivity contribution in [1.82, 2.24) is 14.2 Å². The minimum absolute atomic E-state index is 0.158. The second kappa shape index (κ2) is 9.02. The molecule has 4 aromatic rings. The highest BCUT2D eigenvalue weighted by atomic mass is 32.2. The van der Waals surface area contributed by atoms with Crippen molar-refractivity contribution in [2.45, 2.75) is 4.90 Å². The molecular formula is C25H24N4O4S. The second-order valence-electron chi connectivity index (χ2n) is 8.24. The molecule has 0 saturated carbocycles. The van der Waals surface area contributed by atoms with Crippen molar-refractivity contribution in [2.75, 3.05) is 38.5 Å². The van der Waals surface area contributed by atoms with Crippen molar-refractivity contribution in [3.05, 3.63) is 78.6 Å². The van der Waals surface area contributed by atoms with Gasteiger partial charge in [-0.2, -0.15) is 4.31 Å². The minimum Gasteiger partial charge on any atom is -0.463 e. The van der Waals surface area contributed by atoms with Gasteiger partial charge in [0.2, 0.25) is 10.0 Å². The van der Waals surface area contributed by atoms with Gasteiger partial charge in [-0.05, 0) is 49.5 Å². The fourth-order valence-corrected chi connectivity index (χ4v) is 5.49. The molecule has 1 aliphatic heterocycles. The molecule has 0 aliphatic carbocycles. The van der Waals surface area contributed by atoms with E-state index >= 15 is 0 Å². The van der Waals surface area contributed by atoms with Gasteiger partial charge in [0.05, 0.1) is 22.2 Å². The zero-order valence-corrected chi connectivity index (χ0v) is 19.5. The van der Waals surface area contributed by atoms with Gasteiger partial charge >= 0.3 is 0 Å². The number of amides is 1. The molecule has 2 aromatic heterocycles. The summed E-state index contributed by atoms with van der Waals surface area (Å²) in [6, 6.07) is 19.0. The van der Waals surface area contributed by atoms with E-state index in [2.05, 4.69) is 15.2 Å². The lowest BCUT2D eigenvalue weighted by atomic mass is 10.1. The third kappa shape index (κ3) is 4.33. The molecule has 1 fully saturated rings. The molecular weight excluding hydrogens is 452 g/mol. The number of fused-ring (bicyclic) bond motifs is 1. The number of anilines is 1. The van der Waals surface area contributed by atoms with E-state index < -0.39 is 10.0 Å². The van der Waals surface area contributed by atoms with Crippen molar-refractivity contribution < 1.29 is 17.6 Å². The summed E-state index contributed by atoms with van der Waals surface area (Å²) in [5.41, 5.74) is 2.03. The van der Waals surface area contributed by atoms with E-state index in [0.29, 0.717) is 59.8 Å². The van der Waals surface area contributed by atoms with Crippen LogP contribution in [0.5, 0.6) is 0 Å². The highest BCUT2D eigenvalue weighted by molar-refractivity contribution is 7.89. The van der Waals surface area contributed by atoms with E-state index in [1.807, 2.05) is 31.3 Å². The van der Waals surface area contributed by atoms with Crippen molar-refractivity contribution in [1.29, 1.82) is 0 Å². The molecule has 3 heterocycles. The summed E-state index contributed by atoms with van der Waals surface area (Å²) in [5.74, 6) is 0.195. The maximum Gasteiger partial charge on any atom is 0.256 e. The number of likely N-dealkylation sites (N-methyl/N-ethyl adjacent to an activating group) is 1. The number of para-hydroxylation sites is 1. The molecule has 0 unspecified atom stereocenters. The number of furan rings is 1. The second-order valence-corrected chi connectivity index (χ2v) is 10.2. The third-order valence-corrected chi connectivity index (χ3v) is 7.82. The highest BCUT2D eigenvalue weighted by Gasteiger charge is 2.27. The first kappa shape index (κ1) is 22.3. The first-order valence-corrected chi connectivity index (χ1v) is 12.4. The summed E-state index contributed by atoms with van der Waals surface area (Å²) in [5, 5.41) is 3.55. The van der Waals surface area contributed by atoms with Crippen molar-refractivity contribution in [3.8, 4) is 11.5 Å². The first-order chi connectivity index (χ1) is 16.4. The topological polar surface area (TPSA) is 95.8 Å². The smallest absolute Gasteiger partial charge is 0.256 e. The van der Waals surface area contributed by atoms with Gasteiger partial charge in [0, 0.05) is 37.3 Å². The summed E-state index contributed by atoms with van der Waals surface area (Å²) in [4.78, 5) is 20.2. The standard InChI is InChI=1S/C25H24N4O4S/c1-28-11-13-29(14-12-28)34(31,32)19-7-4-6-18(16-19)26-25(30)21-17-23(24-10-5-15-33-24)27-22-9-3-2-8-20(21)22/h2-10,15-17H,11-14H2,1H3,(H,26,30). The summed E-state index contributed by atoms with van der Waals surface area (Å²) < 4.78 is 33.2. The van der Waals surface area contributed by atoms with Crippen molar-refractivity contribution >= 4 is 32.5 Å². The maximum absolute atomic E-state index is 13.3. The molecule has 0 radical (unpaired) electrons. The minimum atomic E-state index is -3.65. The molecule has 8 nitrogen and oxygen atoms in total. The van der Waals surface area contributed by atoms with Gasteiger partial charge in [-0.25, -0.2) is 13.4 Å². The third-order valence-electron chi connectivity index (χ3n) is 5.93. The molecule has 5 rings (SSSR count). The van der Waals surface area contributed by atoms with Crippen LogP contribution < -0.4 is 5.32 Å². The van der Waals surface area contributed by atoms with Crippen LogP contribution in [-0.2, 0) is 10.0 Å². The van der Waals surface area contributed by atoms with E-state index in [0.717, 1.165) is 0 Å². The van der Waals surface area contributed by atoms with Crippen LogP contribution in [0.15, 0.2) is 82.3 Å². The number of carbonyl (C=O) groups excluding carboxylic acids is 1. The van der Waals surface area contributed by atoms with Crippen molar-refractivity contribution in [2.24, 2.45) is 0 Å². The maximum atomic E-state index is 13.3. The Hall–Kier alpha value is -3.53. The Morgan fingerprint density at radius 2 is 1.76 bits per heavy atom. The lowest BCUT2D eigenvalue weighted by Gasteiger charge is -2.31. The van der Waals surface area contributed by atoms with Gasteiger partial charge in [0.15, 0.2) is 5.76 Å². The van der Waals surface area contributed by atoms with Crippen LogP contribution in [0, 0.1) is 0 Å². The fourth-order valence-electron chi connectivity index (χ4n) is 4.02. The van der Waals surface area contributed by atoms with Crippen LogP contribution in [0.25, 0.3) is 22.4 Å². The van der Waals surface area contributed by atoms with Crippen LogP contribution >= 0.6 is 0 Å². The Morgan fingerprint density at radius 1 is 0.971 bits per heavy atom. The average molecular weight is 477 g/mol. The van der Waals surface area contributed by atoms with Gasteiger partial charge in [0.25, 0.3) is 5.91 Å². The number of pyridine rings is 1. The SMILES string of the molecule is CN1CCN(S(=O)(=O)c2cccc(NC(=O)c3cc(-c4ccco4)nc4ccccc34)c2)CC1. The van der Waals surface area contributed by atoms with Gasteiger partial charge in [-0.3, -0.25) is 4.79 Å². The molecule has 34 heavy (non-hydrogen) atoms. The monoisotopic (exact) mass is 476 g/mol. The largest absolute Gasteiger partial charge is 0.463 e. The molecule has 9 heteroatoms. The molecule has 0 spiro atoms. The molecule has 174 valence electrons. The summed E-state index contributed by atoms with van der Waals surface area (Å²) >= 11 is 0. The quantitative estimate of drug-likeness (QED) is 0.472. The molecule has 0 atom stereocenters. The number of rotatable bonds is 5. The Kier molecular flexibility index (Phi) is 5.91. The number of hydrogen-bond acceptors (Lipinski definition) is 6. The number of carbonyl (C=O) groups is 1. The Labute approximate surface area is 197 Å². The predicted octanol–water partition coefficient (Wildman–Crippen LogP) is 3.68. The lowest BCUT2D eigenvalue weighted by molar-refractivity contribution is 0.102. The number of nitrogens with zero attached hydrogens (tertiary/aromatic N) is 3. The van der Waals surface area contributed by atoms with E-state index in [1.54, 1.807) is 42.7 Å². The van der Waals surface area contributed by atoms with Gasteiger partial charge in [-0.1, -0.05) is 24.3 Å². The molecule has 2 aromatic carbocycles. The van der Waals surface area contributed by atoms with Gasteiger partial charge < -0.3 is 14.6 Å². The average Bonchev–Trinajstić information content (AvgIpc) is 3.39. The van der Waals surface area contributed by atoms with Crippen molar-refractivity contribution in [3.63, 3.8) is 0 Å². The predicted molar refractivity (Wildman–Crippen MR) is 130 cm³/mol. The number of hydrogen-bond donors (Lipinski definition) is 1. The van der Waals surface area contributed by atoms with E-state index in [9.17, 15) is 13.2 Å². The first-order valence-electron chi connectivity index (χ1n) is 11.0. The molecule has 1 saturated heterocycles. The number of sulfonamides is 1. The van der Waals surface area contributed by atoms with Crippen LogP contribution in [-0.4, -0.2) is 61.7 Å². The summed E-state index contributed by atoms with van der Waals surface area (Å²) in [6.45, 7) is 2.24. The highest BCUT2D eigenvalue weighted by Crippen LogP contribution is 2.27. The number of piperazine rings is 1. The number of aromatic nitrogens is 1. The molecule has 0 bridgehead atoms. The van der Waals surface area contributed by atoms with E-state index in [1.165, 1.54) is 10.4 Å². The zero-order valence-electron chi connectivity index (χ0n) is 18.6. The normalized spacial score (nSPS) is 15.4. The molecule has 1 aliphatic rings. The van der Waals surface area contributed by atoms with E-state index in [-0.39, 0.29) is 10.8 Å².